The third-order valence-electron chi connectivity index (χ3n) is 3.34. The zero-order chi connectivity index (χ0) is 15.9. The molecule has 4 nitrogen and oxygen atoms in total. The van der Waals surface area contributed by atoms with Gasteiger partial charge in [0.15, 0.2) is 5.96 Å². The molecule has 0 aliphatic heterocycles. The van der Waals surface area contributed by atoms with Crippen molar-refractivity contribution in [2.75, 3.05) is 5.32 Å². The van der Waals surface area contributed by atoms with Gasteiger partial charge in [-0.25, -0.2) is 4.99 Å². The number of halogens is 1. The van der Waals surface area contributed by atoms with Gasteiger partial charge in [-0.3, -0.25) is 0 Å². The van der Waals surface area contributed by atoms with Crippen LogP contribution in [0.5, 0.6) is 0 Å². The summed E-state index contributed by atoms with van der Waals surface area (Å²) in [7, 11) is 0. The van der Waals surface area contributed by atoms with Gasteiger partial charge in [0.1, 0.15) is 0 Å². The van der Waals surface area contributed by atoms with Gasteiger partial charge in [-0.1, -0.05) is 38.1 Å². The van der Waals surface area contributed by atoms with Crippen molar-refractivity contribution in [2.45, 2.75) is 26.3 Å². The van der Waals surface area contributed by atoms with Crippen LogP contribution in [0.25, 0.3) is 0 Å². The number of nitrogens with two attached hydrogens (primary N) is 1. The summed E-state index contributed by atoms with van der Waals surface area (Å²) in [5, 5.41) is 11.9. The van der Waals surface area contributed by atoms with Gasteiger partial charge in [0.05, 0.1) is 18.2 Å². The van der Waals surface area contributed by atoms with E-state index in [1.165, 1.54) is 5.56 Å². The van der Waals surface area contributed by atoms with E-state index in [0.717, 1.165) is 11.3 Å². The molecule has 0 radical (unpaired) electrons. The van der Waals surface area contributed by atoms with Crippen LogP contribution in [0.4, 0.5) is 5.69 Å². The van der Waals surface area contributed by atoms with Crippen molar-refractivity contribution in [1.82, 2.24) is 0 Å². The van der Waals surface area contributed by atoms with E-state index in [2.05, 4.69) is 42.4 Å². The molecule has 23 heavy (non-hydrogen) atoms. The third-order valence-corrected chi connectivity index (χ3v) is 3.34. The topological polar surface area (TPSA) is 74.2 Å². The van der Waals surface area contributed by atoms with E-state index in [1.54, 1.807) is 12.1 Å². The van der Waals surface area contributed by atoms with Crippen LogP contribution in [0.1, 0.15) is 36.5 Å². The Bertz CT molecular complexity index is 700. The summed E-state index contributed by atoms with van der Waals surface area (Å²) in [4.78, 5) is 4.32. The van der Waals surface area contributed by atoms with E-state index >= 15 is 0 Å². The smallest absolute Gasteiger partial charge is 0.193 e. The maximum absolute atomic E-state index is 8.76. The molecule has 2 aromatic rings. The number of hydrogen-bond acceptors (Lipinski definition) is 2. The Labute approximate surface area is 154 Å². The summed E-state index contributed by atoms with van der Waals surface area (Å²) < 4.78 is 0. The number of rotatable bonds is 4. The molecule has 0 spiro atoms. The second-order valence-electron chi connectivity index (χ2n) is 5.42. The zero-order valence-electron chi connectivity index (χ0n) is 13.3. The van der Waals surface area contributed by atoms with Crippen molar-refractivity contribution in [1.29, 1.82) is 5.26 Å². The van der Waals surface area contributed by atoms with Crippen molar-refractivity contribution in [3.05, 3.63) is 65.2 Å². The monoisotopic (exact) mass is 420 g/mol. The molecular weight excluding hydrogens is 399 g/mol. The van der Waals surface area contributed by atoms with Crippen molar-refractivity contribution in [2.24, 2.45) is 10.7 Å². The van der Waals surface area contributed by atoms with Gasteiger partial charge in [0.25, 0.3) is 0 Å². The van der Waals surface area contributed by atoms with Gasteiger partial charge < -0.3 is 11.1 Å². The molecule has 5 heteroatoms. The number of nitrogens with zero attached hydrogens (tertiary/aromatic N) is 2. The van der Waals surface area contributed by atoms with Crippen molar-refractivity contribution in [3.63, 3.8) is 0 Å². The van der Waals surface area contributed by atoms with Gasteiger partial charge in [-0.15, -0.1) is 24.0 Å². The predicted molar refractivity (Wildman–Crippen MR) is 106 cm³/mol. The summed E-state index contributed by atoms with van der Waals surface area (Å²) in [5.41, 5.74) is 9.77. The molecule has 0 amide bonds. The molecule has 0 saturated carbocycles. The first-order valence-corrected chi connectivity index (χ1v) is 7.24. The fraction of sp³-hybridized carbons (Fsp3) is 0.222. The first kappa shape index (κ1) is 19.0. The van der Waals surface area contributed by atoms with Crippen molar-refractivity contribution >= 4 is 35.6 Å². The Morgan fingerprint density at radius 2 is 1.91 bits per heavy atom. The van der Waals surface area contributed by atoms with Gasteiger partial charge >= 0.3 is 0 Å². The fourth-order valence-corrected chi connectivity index (χ4v) is 2.02. The minimum atomic E-state index is 0. The first-order chi connectivity index (χ1) is 10.6. The number of anilines is 1. The highest BCUT2D eigenvalue weighted by atomic mass is 127. The summed E-state index contributed by atoms with van der Waals surface area (Å²) in [5.74, 6) is 0.851. The molecule has 0 atom stereocenters. The predicted octanol–water partition coefficient (Wildman–Crippen LogP) is 4.23. The molecule has 0 aliphatic rings. The van der Waals surface area contributed by atoms with Crippen LogP contribution >= 0.6 is 24.0 Å². The number of hydrogen-bond donors (Lipinski definition) is 2. The quantitative estimate of drug-likeness (QED) is 0.442. The Morgan fingerprint density at radius 3 is 2.52 bits per heavy atom. The summed E-state index contributed by atoms with van der Waals surface area (Å²) in [6.07, 6.45) is 0. The van der Waals surface area contributed by atoms with Gasteiger partial charge in [0, 0.05) is 5.69 Å². The average molecular weight is 420 g/mol. The standard InChI is InChI=1S/C18H20N4.HI/c1-13(2)16-4-3-5-17(10-16)22-18(20)21-12-15-8-6-14(11-19)7-9-15;/h3-10,13H,12H2,1-2H3,(H3,20,21,22);1H. The normalized spacial score (nSPS) is 10.8. The minimum Gasteiger partial charge on any atom is -0.370 e. The summed E-state index contributed by atoms with van der Waals surface area (Å²) in [6.45, 7) is 4.79. The van der Waals surface area contributed by atoms with Gasteiger partial charge in [-0.2, -0.15) is 5.26 Å². The SMILES string of the molecule is CC(C)c1cccc(NC(N)=NCc2ccc(C#N)cc2)c1.I. The Morgan fingerprint density at radius 1 is 1.22 bits per heavy atom. The Kier molecular flexibility index (Phi) is 7.55. The van der Waals surface area contributed by atoms with Crippen LogP contribution in [0.3, 0.4) is 0 Å². The van der Waals surface area contributed by atoms with Crippen LogP contribution in [0, 0.1) is 11.3 Å². The third kappa shape index (κ3) is 5.91. The molecule has 0 aliphatic carbocycles. The van der Waals surface area contributed by atoms with Crippen LogP contribution in [0.15, 0.2) is 53.5 Å². The largest absolute Gasteiger partial charge is 0.370 e. The van der Waals surface area contributed by atoms with Crippen LogP contribution in [-0.4, -0.2) is 5.96 Å². The fourth-order valence-electron chi connectivity index (χ4n) is 2.02. The second kappa shape index (κ2) is 9.16. The molecule has 2 rings (SSSR count). The van der Waals surface area contributed by atoms with Crippen LogP contribution in [-0.2, 0) is 6.54 Å². The molecule has 0 aromatic heterocycles. The maximum Gasteiger partial charge on any atom is 0.193 e. The number of nitrogens with one attached hydrogen (secondary N) is 1. The van der Waals surface area contributed by atoms with Crippen LogP contribution in [0.2, 0.25) is 0 Å². The molecule has 3 N–H and O–H groups in total. The molecule has 120 valence electrons. The molecule has 0 unspecified atom stereocenters. The molecule has 0 heterocycles. The molecule has 0 bridgehead atoms. The van der Waals surface area contributed by atoms with Crippen LogP contribution < -0.4 is 11.1 Å². The lowest BCUT2D eigenvalue weighted by Gasteiger charge is -2.10. The summed E-state index contributed by atoms with van der Waals surface area (Å²) in [6, 6.07) is 17.6. The molecule has 0 saturated heterocycles. The molecule has 2 aromatic carbocycles. The number of aliphatic imine (C=N–C) groups is 1. The highest BCUT2D eigenvalue weighted by molar-refractivity contribution is 14.0. The van der Waals surface area contributed by atoms with Crippen molar-refractivity contribution in [3.8, 4) is 6.07 Å². The number of nitriles is 1. The minimum absolute atomic E-state index is 0. The lowest BCUT2D eigenvalue weighted by atomic mass is 10.0. The Hall–Kier alpha value is -2.07. The highest BCUT2D eigenvalue weighted by Gasteiger charge is 2.01. The van der Waals surface area contributed by atoms with Crippen molar-refractivity contribution < 1.29 is 0 Å². The van der Waals surface area contributed by atoms with E-state index in [9.17, 15) is 0 Å². The summed E-state index contributed by atoms with van der Waals surface area (Å²) >= 11 is 0. The second-order valence-corrected chi connectivity index (χ2v) is 5.42. The average Bonchev–Trinajstić information content (AvgIpc) is 2.53. The lowest BCUT2D eigenvalue weighted by molar-refractivity contribution is 0.867. The lowest BCUT2D eigenvalue weighted by Crippen LogP contribution is -2.22. The van der Waals surface area contributed by atoms with E-state index in [1.807, 2.05) is 24.3 Å². The van der Waals surface area contributed by atoms with Gasteiger partial charge in [-0.05, 0) is 41.3 Å². The Balaban J connectivity index is 0.00000264. The first-order valence-electron chi connectivity index (χ1n) is 7.24. The van der Waals surface area contributed by atoms with E-state index in [4.69, 9.17) is 11.0 Å². The number of benzene rings is 2. The van der Waals surface area contributed by atoms with Gasteiger partial charge in [0.2, 0.25) is 0 Å². The van der Waals surface area contributed by atoms with E-state index in [0.29, 0.717) is 24.0 Å². The molecular formula is C18H21IN4. The zero-order valence-corrected chi connectivity index (χ0v) is 15.6. The maximum atomic E-state index is 8.76. The number of guanidine groups is 1. The van der Waals surface area contributed by atoms with E-state index in [-0.39, 0.29) is 24.0 Å². The van der Waals surface area contributed by atoms with E-state index < -0.39 is 0 Å². The highest BCUT2D eigenvalue weighted by Crippen LogP contribution is 2.18. The molecule has 0 fully saturated rings.